The van der Waals surface area contributed by atoms with E-state index in [-0.39, 0.29) is 17.0 Å². The van der Waals surface area contributed by atoms with E-state index < -0.39 is 35.1 Å². The van der Waals surface area contributed by atoms with Crippen molar-refractivity contribution < 1.29 is 31.1 Å². The van der Waals surface area contributed by atoms with Gasteiger partial charge in [-0.15, -0.1) is 10.2 Å². The normalized spacial score (nSPS) is 12.4. The first-order valence-corrected chi connectivity index (χ1v) is 9.82. The molecule has 6 nitrogen and oxygen atoms in total. The molecule has 32 heavy (non-hydrogen) atoms. The van der Waals surface area contributed by atoms with Crippen LogP contribution in [0, 0.1) is 0 Å². The summed E-state index contributed by atoms with van der Waals surface area (Å²) in [6.45, 7) is 0. The van der Waals surface area contributed by atoms with Gasteiger partial charge in [-0.3, -0.25) is 4.79 Å². The van der Waals surface area contributed by atoms with Crippen molar-refractivity contribution in [2.45, 2.75) is 17.5 Å². The number of para-hydroxylation sites is 1. The molecule has 0 radical (unpaired) electrons. The Balaban J connectivity index is 1.49. The zero-order valence-corrected chi connectivity index (χ0v) is 16.5. The fourth-order valence-electron chi connectivity index (χ4n) is 2.92. The molecule has 2 aromatic heterocycles. The molecule has 2 N–H and O–H groups in total. The number of hydrogen-bond acceptors (Lipinski definition) is 5. The number of aromatic nitrogens is 4. The molecule has 0 bridgehead atoms. The van der Waals surface area contributed by atoms with Gasteiger partial charge in [-0.1, -0.05) is 30.0 Å². The predicted molar refractivity (Wildman–Crippen MR) is 105 cm³/mol. The molecule has 166 valence electrons. The van der Waals surface area contributed by atoms with E-state index in [0.29, 0.717) is 23.3 Å². The first-order chi connectivity index (χ1) is 15.0. The van der Waals surface area contributed by atoms with Crippen molar-refractivity contribution >= 4 is 45.4 Å². The van der Waals surface area contributed by atoms with Crippen LogP contribution in [0.2, 0.25) is 0 Å². The summed E-state index contributed by atoms with van der Waals surface area (Å²) in [6.07, 6.45) is -10.0. The molecule has 0 aliphatic heterocycles. The number of benzene rings is 2. The Labute approximate surface area is 179 Å². The minimum atomic E-state index is -5.01. The van der Waals surface area contributed by atoms with E-state index in [1.54, 1.807) is 0 Å². The van der Waals surface area contributed by atoms with E-state index in [0.717, 1.165) is 22.7 Å². The average Bonchev–Trinajstić information content (AvgIpc) is 3.08. The van der Waals surface area contributed by atoms with Gasteiger partial charge in [0.25, 0.3) is 0 Å². The molecular weight excluding hydrogens is 460 g/mol. The number of halogens is 6. The minimum absolute atomic E-state index is 0.0144. The standard InChI is InChI=1S/C19H11F6N5OS/c20-18(21,22)9-5-10(19(23,24)25)7-11(6-9)26-14(31)8-32-17-28-16-15(29-30-17)12-3-1-2-4-13(12)27-16/h1-7H,8H2,(H,26,31)(H,27,28,30). The molecule has 0 unspecified atom stereocenters. The molecule has 0 aliphatic carbocycles. The van der Waals surface area contributed by atoms with E-state index in [4.69, 9.17) is 0 Å². The molecule has 1 amide bonds. The number of H-pyrrole nitrogens is 1. The highest BCUT2D eigenvalue weighted by atomic mass is 32.2. The van der Waals surface area contributed by atoms with Gasteiger partial charge in [0.1, 0.15) is 5.52 Å². The molecule has 4 aromatic rings. The molecule has 0 fully saturated rings. The summed E-state index contributed by atoms with van der Waals surface area (Å²) in [5.74, 6) is -1.19. The Morgan fingerprint density at radius 1 is 0.969 bits per heavy atom. The van der Waals surface area contributed by atoms with E-state index in [1.165, 1.54) is 0 Å². The van der Waals surface area contributed by atoms with Crippen LogP contribution in [-0.4, -0.2) is 31.8 Å². The van der Waals surface area contributed by atoms with Gasteiger partial charge in [0, 0.05) is 16.6 Å². The lowest BCUT2D eigenvalue weighted by atomic mass is 10.1. The molecule has 0 saturated heterocycles. The molecule has 4 rings (SSSR count). The lowest BCUT2D eigenvalue weighted by molar-refractivity contribution is -0.143. The van der Waals surface area contributed by atoms with Crippen LogP contribution >= 0.6 is 11.8 Å². The third kappa shape index (κ3) is 4.61. The molecule has 13 heteroatoms. The number of hydrogen-bond donors (Lipinski definition) is 2. The fourth-order valence-corrected chi connectivity index (χ4v) is 3.51. The fraction of sp³-hybridized carbons (Fsp3) is 0.158. The maximum atomic E-state index is 12.9. The van der Waals surface area contributed by atoms with Gasteiger partial charge in [-0.25, -0.2) is 4.98 Å². The number of fused-ring (bicyclic) bond motifs is 3. The van der Waals surface area contributed by atoms with E-state index in [2.05, 4.69) is 25.5 Å². The molecule has 2 heterocycles. The lowest BCUT2D eigenvalue weighted by Gasteiger charge is -2.14. The highest BCUT2D eigenvalue weighted by Crippen LogP contribution is 2.37. The maximum Gasteiger partial charge on any atom is 0.416 e. The number of carbonyl (C=O) groups excluding carboxylic acids is 1. The maximum absolute atomic E-state index is 12.9. The molecule has 0 aliphatic rings. The van der Waals surface area contributed by atoms with Crippen molar-refractivity contribution in [3.8, 4) is 0 Å². The number of nitrogens with zero attached hydrogens (tertiary/aromatic N) is 3. The summed E-state index contributed by atoms with van der Waals surface area (Å²) in [6, 6.07) is 8.15. The number of alkyl halides is 6. The van der Waals surface area contributed by atoms with Crippen LogP contribution in [0.1, 0.15) is 11.1 Å². The second-order valence-electron chi connectivity index (χ2n) is 6.59. The first-order valence-electron chi connectivity index (χ1n) is 8.84. The highest BCUT2D eigenvalue weighted by molar-refractivity contribution is 7.99. The van der Waals surface area contributed by atoms with E-state index in [1.807, 2.05) is 24.3 Å². The first kappa shape index (κ1) is 21.9. The van der Waals surface area contributed by atoms with Crippen molar-refractivity contribution in [3.05, 3.63) is 53.6 Å². The summed E-state index contributed by atoms with van der Waals surface area (Å²) < 4.78 is 77.6. The van der Waals surface area contributed by atoms with Gasteiger partial charge in [-0.05, 0) is 24.3 Å². The van der Waals surface area contributed by atoms with Gasteiger partial charge in [-0.2, -0.15) is 26.3 Å². The Bertz CT molecular complexity index is 1290. The zero-order valence-electron chi connectivity index (χ0n) is 15.7. The van der Waals surface area contributed by atoms with Crippen molar-refractivity contribution in [2.24, 2.45) is 0 Å². The Morgan fingerprint density at radius 3 is 2.28 bits per heavy atom. The second kappa shape index (κ2) is 7.97. The summed E-state index contributed by atoms with van der Waals surface area (Å²) in [4.78, 5) is 19.4. The molecule has 0 atom stereocenters. The van der Waals surface area contributed by atoms with Crippen LogP contribution in [0.15, 0.2) is 47.6 Å². The smallest absolute Gasteiger partial charge is 0.338 e. The number of anilines is 1. The van der Waals surface area contributed by atoms with Crippen LogP contribution < -0.4 is 5.32 Å². The van der Waals surface area contributed by atoms with E-state index >= 15 is 0 Å². The number of thioether (sulfide) groups is 1. The number of carbonyl (C=O) groups is 1. The largest absolute Gasteiger partial charge is 0.416 e. The average molecular weight is 471 g/mol. The Morgan fingerprint density at radius 2 is 1.62 bits per heavy atom. The highest BCUT2D eigenvalue weighted by Gasteiger charge is 2.37. The van der Waals surface area contributed by atoms with Crippen molar-refractivity contribution in [1.82, 2.24) is 20.2 Å². The molecule has 0 saturated carbocycles. The second-order valence-corrected chi connectivity index (χ2v) is 7.54. The monoisotopic (exact) mass is 471 g/mol. The Kier molecular flexibility index (Phi) is 5.44. The van der Waals surface area contributed by atoms with Gasteiger partial charge >= 0.3 is 12.4 Å². The van der Waals surface area contributed by atoms with Gasteiger partial charge in [0.05, 0.1) is 16.9 Å². The molecular formula is C19H11F6N5OS. The zero-order chi connectivity index (χ0) is 23.1. The molecule has 0 spiro atoms. The van der Waals surface area contributed by atoms with Gasteiger partial charge < -0.3 is 10.3 Å². The van der Waals surface area contributed by atoms with Crippen LogP contribution in [0.5, 0.6) is 0 Å². The number of amides is 1. The summed E-state index contributed by atoms with van der Waals surface area (Å²) in [5, 5.41) is 10.9. The quantitative estimate of drug-likeness (QED) is 0.313. The Hall–Kier alpha value is -3.35. The minimum Gasteiger partial charge on any atom is -0.338 e. The predicted octanol–water partition coefficient (Wildman–Crippen LogP) is 5.27. The van der Waals surface area contributed by atoms with Crippen molar-refractivity contribution in [2.75, 3.05) is 11.1 Å². The third-order valence-corrected chi connectivity index (χ3v) is 5.14. The lowest BCUT2D eigenvalue weighted by Crippen LogP contribution is -2.17. The van der Waals surface area contributed by atoms with Gasteiger partial charge in [0.15, 0.2) is 5.65 Å². The number of aromatic amines is 1. The topological polar surface area (TPSA) is 83.6 Å². The van der Waals surface area contributed by atoms with Crippen LogP contribution in [0.25, 0.3) is 22.1 Å². The van der Waals surface area contributed by atoms with E-state index in [9.17, 15) is 31.1 Å². The summed E-state index contributed by atoms with van der Waals surface area (Å²) in [7, 11) is 0. The number of nitrogens with one attached hydrogen (secondary N) is 2. The third-order valence-electron chi connectivity index (χ3n) is 4.31. The van der Waals surface area contributed by atoms with Crippen molar-refractivity contribution in [3.63, 3.8) is 0 Å². The number of rotatable bonds is 4. The van der Waals surface area contributed by atoms with Crippen LogP contribution in [0.4, 0.5) is 32.0 Å². The van der Waals surface area contributed by atoms with Gasteiger partial charge in [0.2, 0.25) is 11.1 Å². The summed E-state index contributed by atoms with van der Waals surface area (Å²) in [5.41, 5.74) is -1.92. The SMILES string of the molecule is O=C(CSc1nnc2c(n1)[nH]c1ccccc12)Nc1cc(C(F)(F)F)cc(C(F)(F)F)c1. The summed E-state index contributed by atoms with van der Waals surface area (Å²) >= 11 is 0.831. The van der Waals surface area contributed by atoms with Crippen LogP contribution in [0.3, 0.4) is 0 Å². The van der Waals surface area contributed by atoms with Crippen LogP contribution in [-0.2, 0) is 17.1 Å². The van der Waals surface area contributed by atoms with Crippen molar-refractivity contribution in [1.29, 1.82) is 0 Å². The molecule has 2 aromatic carbocycles.